The van der Waals surface area contributed by atoms with Crippen LogP contribution in [0.4, 0.5) is 0 Å². The molecule has 0 saturated carbocycles. The van der Waals surface area contributed by atoms with E-state index in [9.17, 15) is 4.79 Å². The molecule has 0 aliphatic carbocycles. The van der Waals surface area contributed by atoms with E-state index in [2.05, 4.69) is 28.8 Å². The summed E-state index contributed by atoms with van der Waals surface area (Å²) in [6.45, 7) is 12.6. The molecule has 2 aliphatic heterocycles. The lowest BCUT2D eigenvalue weighted by molar-refractivity contribution is -0.132. The van der Waals surface area contributed by atoms with Crippen LogP contribution in [-0.2, 0) is 11.3 Å². The summed E-state index contributed by atoms with van der Waals surface area (Å²) in [6.07, 6.45) is 5.09. The lowest BCUT2D eigenvalue weighted by Gasteiger charge is -2.38. The zero-order chi connectivity index (χ0) is 17.3. The molecule has 3 rings (SSSR count). The van der Waals surface area contributed by atoms with E-state index in [4.69, 9.17) is 4.52 Å². The monoisotopic (exact) mass is 333 g/mol. The van der Waals surface area contributed by atoms with Crippen LogP contribution in [0.2, 0.25) is 0 Å². The Morgan fingerprint density at radius 3 is 2.67 bits per heavy atom. The predicted molar refractivity (Wildman–Crippen MR) is 93.6 cm³/mol. The molecule has 5 nitrogen and oxygen atoms in total. The fraction of sp³-hybridized carbons (Fsp3) is 0.789. The molecular formula is C19H31N3O2. The summed E-state index contributed by atoms with van der Waals surface area (Å²) in [5.74, 6) is 1.84. The molecule has 0 bridgehead atoms. The lowest BCUT2D eigenvalue weighted by Crippen LogP contribution is -2.46. The number of rotatable bonds is 4. The lowest BCUT2D eigenvalue weighted by atomic mass is 9.87. The van der Waals surface area contributed by atoms with Gasteiger partial charge in [0.25, 0.3) is 0 Å². The molecule has 0 radical (unpaired) electrons. The number of amides is 1. The number of aryl methyl sites for hydroxylation is 2. The highest BCUT2D eigenvalue weighted by atomic mass is 16.5. The molecule has 2 saturated heterocycles. The Bertz CT molecular complexity index is 576. The van der Waals surface area contributed by atoms with Gasteiger partial charge in [0.2, 0.25) is 5.91 Å². The van der Waals surface area contributed by atoms with Crippen molar-refractivity contribution in [3.05, 3.63) is 17.0 Å². The summed E-state index contributed by atoms with van der Waals surface area (Å²) < 4.78 is 5.31. The van der Waals surface area contributed by atoms with E-state index in [0.717, 1.165) is 55.9 Å². The standard InChI is InChI=1S/C19H31N3O2/c1-14(2)12-21-10-5-7-19(9-11-21)8-6-18(23)22(19)13-17-15(3)20-24-16(17)4/h14H,5-13H2,1-4H3/t19-/m0/s1. The van der Waals surface area contributed by atoms with Gasteiger partial charge in [0, 0.05) is 30.6 Å². The van der Waals surface area contributed by atoms with Crippen molar-refractivity contribution in [1.29, 1.82) is 0 Å². The summed E-state index contributed by atoms with van der Waals surface area (Å²) in [5, 5.41) is 4.06. The average Bonchev–Trinajstić information content (AvgIpc) is 2.90. The van der Waals surface area contributed by atoms with Crippen molar-refractivity contribution >= 4 is 5.91 Å². The molecule has 1 spiro atoms. The van der Waals surface area contributed by atoms with Crippen LogP contribution in [0.1, 0.15) is 63.0 Å². The van der Waals surface area contributed by atoms with Crippen LogP contribution in [0.3, 0.4) is 0 Å². The molecule has 24 heavy (non-hydrogen) atoms. The van der Waals surface area contributed by atoms with E-state index in [1.54, 1.807) is 0 Å². The van der Waals surface area contributed by atoms with Gasteiger partial charge in [0.1, 0.15) is 5.76 Å². The van der Waals surface area contributed by atoms with Crippen LogP contribution < -0.4 is 0 Å². The number of aromatic nitrogens is 1. The molecule has 5 heteroatoms. The molecule has 0 N–H and O–H groups in total. The molecule has 3 heterocycles. The van der Waals surface area contributed by atoms with E-state index >= 15 is 0 Å². The van der Waals surface area contributed by atoms with E-state index in [-0.39, 0.29) is 5.54 Å². The van der Waals surface area contributed by atoms with Crippen LogP contribution >= 0.6 is 0 Å². The Kier molecular flexibility index (Phi) is 5.00. The SMILES string of the molecule is Cc1noc(C)c1CN1C(=O)CC[C@]12CCCN(CC(C)C)CC2. The minimum absolute atomic E-state index is 0.0406. The van der Waals surface area contributed by atoms with Crippen LogP contribution in [0.25, 0.3) is 0 Å². The van der Waals surface area contributed by atoms with Crippen LogP contribution in [0, 0.1) is 19.8 Å². The molecular weight excluding hydrogens is 302 g/mol. The maximum Gasteiger partial charge on any atom is 0.223 e. The van der Waals surface area contributed by atoms with Crippen LogP contribution in [0.5, 0.6) is 0 Å². The normalized spacial score (nSPS) is 25.9. The maximum absolute atomic E-state index is 12.6. The van der Waals surface area contributed by atoms with Gasteiger partial charge in [-0.05, 0) is 52.0 Å². The fourth-order valence-corrected chi connectivity index (χ4v) is 4.47. The molecule has 1 aromatic rings. The Hall–Kier alpha value is -1.36. The molecule has 2 fully saturated rings. The quantitative estimate of drug-likeness (QED) is 0.848. The Balaban J connectivity index is 1.77. The van der Waals surface area contributed by atoms with Gasteiger partial charge < -0.3 is 14.3 Å². The first-order valence-electron chi connectivity index (χ1n) is 9.36. The highest BCUT2D eigenvalue weighted by Crippen LogP contribution is 2.40. The Labute approximate surface area is 145 Å². The third-order valence-electron chi connectivity index (χ3n) is 5.81. The van der Waals surface area contributed by atoms with E-state index in [0.29, 0.717) is 24.8 Å². The van der Waals surface area contributed by atoms with Crippen molar-refractivity contribution < 1.29 is 9.32 Å². The number of carbonyl (C=O) groups excluding carboxylic acids is 1. The van der Waals surface area contributed by atoms with Gasteiger partial charge in [-0.15, -0.1) is 0 Å². The van der Waals surface area contributed by atoms with Crippen LogP contribution in [-0.4, -0.2) is 46.0 Å². The number of hydrogen-bond acceptors (Lipinski definition) is 4. The molecule has 1 atom stereocenters. The van der Waals surface area contributed by atoms with E-state index in [1.807, 2.05) is 13.8 Å². The topological polar surface area (TPSA) is 49.6 Å². The smallest absolute Gasteiger partial charge is 0.223 e. The van der Waals surface area contributed by atoms with Crippen molar-refractivity contribution in [3.8, 4) is 0 Å². The first-order valence-corrected chi connectivity index (χ1v) is 9.36. The third kappa shape index (κ3) is 3.37. The van der Waals surface area contributed by atoms with E-state index in [1.165, 1.54) is 6.42 Å². The number of likely N-dealkylation sites (tertiary alicyclic amines) is 2. The maximum atomic E-state index is 12.6. The Morgan fingerprint density at radius 1 is 1.21 bits per heavy atom. The number of nitrogens with zero attached hydrogens (tertiary/aromatic N) is 3. The van der Waals surface area contributed by atoms with Gasteiger partial charge in [0.05, 0.1) is 12.2 Å². The van der Waals surface area contributed by atoms with Gasteiger partial charge >= 0.3 is 0 Å². The van der Waals surface area contributed by atoms with Gasteiger partial charge in [-0.25, -0.2) is 0 Å². The predicted octanol–water partition coefficient (Wildman–Crippen LogP) is 3.29. The number of carbonyl (C=O) groups is 1. The largest absolute Gasteiger partial charge is 0.361 e. The minimum atomic E-state index is 0.0406. The highest BCUT2D eigenvalue weighted by Gasteiger charge is 2.46. The summed E-state index contributed by atoms with van der Waals surface area (Å²) in [7, 11) is 0. The van der Waals surface area contributed by atoms with Crippen molar-refractivity contribution in [2.45, 2.75) is 71.9 Å². The average molecular weight is 333 g/mol. The van der Waals surface area contributed by atoms with Crippen molar-refractivity contribution in [2.24, 2.45) is 5.92 Å². The fourth-order valence-electron chi connectivity index (χ4n) is 4.47. The van der Waals surface area contributed by atoms with Crippen molar-refractivity contribution in [2.75, 3.05) is 19.6 Å². The molecule has 134 valence electrons. The second-order valence-electron chi connectivity index (χ2n) is 8.05. The summed E-state index contributed by atoms with van der Waals surface area (Å²) >= 11 is 0. The summed E-state index contributed by atoms with van der Waals surface area (Å²) in [4.78, 5) is 17.4. The molecule has 2 aliphatic rings. The highest BCUT2D eigenvalue weighted by molar-refractivity contribution is 5.79. The second kappa shape index (κ2) is 6.87. The number of hydrogen-bond donors (Lipinski definition) is 0. The van der Waals surface area contributed by atoms with Crippen molar-refractivity contribution in [3.63, 3.8) is 0 Å². The first-order chi connectivity index (χ1) is 11.4. The zero-order valence-electron chi connectivity index (χ0n) is 15.6. The van der Waals surface area contributed by atoms with E-state index < -0.39 is 0 Å². The second-order valence-corrected chi connectivity index (χ2v) is 8.05. The van der Waals surface area contributed by atoms with Gasteiger partial charge in [0.15, 0.2) is 0 Å². The molecule has 0 aromatic carbocycles. The van der Waals surface area contributed by atoms with Crippen LogP contribution in [0.15, 0.2) is 4.52 Å². The Morgan fingerprint density at radius 2 is 2.00 bits per heavy atom. The summed E-state index contributed by atoms with van der Waals surface area (Å²) in [6, 6.07) is 0. The molecule has 0 unspecified atom stereocenters. The molecule has 1 amide bonds. The minimum Gasteiger partial charge on any atom is -0.361 e. The first kappa shape index (κ1) is 17.5. The van der Waals surface area contributed by atoms with Gasteiger partial charge in [-0.1, -0.05) is 19.0 Å². The third-order valence-corrected chi connectivity index (χ3v) is 5.81. The van der Waals surface area contributed by atoms with Crippen molar-refractivity contribution in [1.82, 2.24) is 15.0 Å². The summed E-state index contributed by atoms with van der Waals surface area (Å²) in [5.41, 5.74) is 2.05. The van der Waals surface area contributed by atoms with Gasteiger partial charge in [-0.3, -0.25) is 4.79 Å². The molecule has 1 aromatic heterocycles. The zero-order valence-corrected chi connectivity index (χ0v) is 15.6. The van der Waals surface area contributed by atoms with Gasteiger partial charge in [-0.2, -0.15) is 0 Å².